The maximum Gasteiger partial charge on any atom is 0.110 e. The maximum atomic E-state index is 10.4. The molecule has 4 saturated heterocycles. The highest BCUT2D eigenvalue weighted by Crippen LogP contribution is 2.72. The van der Waals surface area contributed by atoms with E-state index in [4.69, 9.17) is 0 Å². The number of benzene rings is 2. The van der Waals surface area contributed by atoms with Crippen LogP contribution in [0.4, 0.5) is 11.4 Å². The van der Waals surface area contributed by atoms with Gasteiger partial charge in [-0.15, -0.1) is 0 Å². The molecule has 0 radical (unpaired) electrons. The van der Waals surface area contributed by atoms with Gasteiger partial charge in [0.2, 0.25) is 0 Å². The van der Waals surface area contributed by atoms with Gasteiger partial charge in [-0.25, -0.2) is 0 Å². The first kappa shape index (κ1) is 27.8. The van der Waals surface area contributed by atoms with Gasteiger partial charge in [0, 0.05) is 61.3 Å². The molecule has 2 spiro atoms. The van der Waals surface area contributed by atoms with Gasteiger partial charge in [0.15, 0.2) is 0 Å². The zero-order valence-electron chi connectivity index (χ0n) is 28.1. The number of hydrogen-bond acceptors (Lipinski definition) is 4. The first-order chi connectivity index (χ1) is 22.7. The molecule has 4 bridgehead atoms. The molecule has 2 saturated carbocycles. The SMILES string of the molecule is C[C@]12C[C@@H]3/C4=C/N5c6ccccc6[C@]67CC[N@@+]8(C)C/C(=C/CO)[C@H](C[C@@H]68)/C(=C/N6c8ccccc8[C@@]1(CC[N@@+]2(C)C/C3=C/CO)[C@H]46)[C@H]57. The van der Waals surface area contributed by atoms with E-state index in [0.717, 1.165) is 41.4 Å². The van der Waals surface area contributed by atoms with E-state index in [0.29, 0.717) is 17.9 Å². The second kappa shape index (κ2) is 8.52. The molecule has 10 atom stereocenters. The Morgan fingerprint density at radius 2 is 1.43 bits per heavy atom. The van der Waals surface area contributed by atoms with Crippen molar-refractivity contribution in [3.05, 3.63) is 107 Å². The average Bonchev–Trinajstić information content (AvgIpc) is 3.71. The molecule has 7 heterocycles. The van der Waals surface area contributed by atoms with E-state index in [-0.39, 0.29) is 41.7 Å². The number of quaternary nitrogens is 2. The second-order valence-electron chi connectivity index (χ2n) is 17.3. The Balaban J connectivity index is 1.25. The Morgan fingerprint density at radius 3 is 2.17 bits per heavy atom. The van der Waals surface area contributed by atoms with Crippen molar-refractivity contribution in [2.45, 2.75) is 67.1 Å². The molecule has 2 N–H and O–H groups in total. The van der Waals surface area contributed by atoms with Crippen molar-refractivity contribution < 1.29 is 19.2 Å². The Labute approximate surface area is 278 Å². The smallest absolute Gasteiger partial charge is 0.110 e. The highest BCUT2D eigenvalue weighted by molar-refractivity contribution is 5.77. The van der Waals surface area contributed by atoms with Gasteiger partial charge in [0.05, 0.1) is 63.3 Å². The molecule has 242 valence electrons. The summed E-state index contributed by atoms with van der Waals surface area (Å²) >= 11 is 0. The van der Waals surface area contributed by atoms with Crippen molar-refractivity contribution in [2.75, 3.05) is 63.3 Å². The number of rotatable bonds is 2. The van der Waals surface area contributed by atoms with Crippen LogP contribution in [-0.4, -0.2) is 96.3 Å². The largest absolute Gasteiger partial charge is 0.392 e. The molecule has 6 heteroatoms. The third-order valence-corrected chi connectivity index (χ3v) is 16.1. The number of piperidine rings is 2. The van der Waals surface area contributed by atoms with Gasteiger partial charge in [-0.05, 0) is 52.5 Å². The van der Waals surface area contributed by atoms with E-state index >= 15 is 0 Å². The number of fused-ring (bicyclic) bond motifs is 8. The minimum Gasteiger partial charge on any atom is -0.392 e. The van der Waals surface area contributed by atoms with Crippen LogP contribution in [0.3, 0.4) is 0 Å². The Bertz CT molecular complexity index is 1910. The summed E-state index contributed by atoms with van der Waals surface area (Å²) < 4.78 is 2.14. The summed E-state index contributed by atoms with van der Waals surface area (Å²) in [6.07, 6.45) is 14.4. The third-order valence-electron chi connectivity index (χ3n) is 16.1. The van der Waals surface area contributed by atoms with Gasteiger partial charge in [-0.3, -0.25) is 0 Å². The van der Waals surface area contributed by atoms with Gasteiger partial charge >= 0.3 is 0 Å². The van der Waals surface area contributed by atoms with Crippen LogP contribution in [0.1, 0.15) is 43.7 Å². The molecule has 2 aromatic rings. The lowest BCUT2D eigenvalue weighted by Crippen LogP contribution is -2.73. The monoisotopic (exact) mass is 628 g/mol. The van der Waals surface area contributed by atoms with Crippen molar-refractivity contribution in [1.82, 2.24) is 0 Å². The number of likely N-dealkylation sites (N-methyl/N-ethyl adjacent to an activating group) is 2. The molecular formula is C41H48N4O2+2. The third kappa shape index (κ3) is 2.80. The summed E-state index contributed by atoms with van der Waals surface area (Å²) in [7, 11) is 5.02. The normalized spacial score (nSPS) is 49.4. The molecule has 0 aromatic heterocycles. The van der Waals surface area contributed by atoms with E-state index < -0.39 is 0 Å². The summed E-state index contributed by atoms with van der Waals surface area (Å²) in [5.41, 5.74) is 12.1. The van der Waals surface area contributed by atoms with Gasteiger partial charge in [0.25, 0.3) is 0 Å². The fourth-order valence-corrected chi connectivity index (χ4v) is 14.3. The fraction of sp³-hybridized carbons (Fsp3) is 0.512. The van der Waals surface area contributed by atoms with Gasteiger partial charge in [-0.1, -0.05) is 48.6 Å². The van der Waals surface area contributed by atoms with E-state index in [1.807, 2.05) is 0 Å². The molecule has 0 unspecified atom stereocenters. The average molecular weight is 629 g/mol. The standard InChI is InChI=1S/C41H48N4O2/c1-39-21-29-27(13-19-47)25-45(39,3)17-15-41(39)33-9-5-7-11-35(33)43-22-30-28-20-36-40(14-16-44(36,2)24-26(28)12-18-46)32-8-4-6-10-34(32)42(37(30)40)23-31(29)38(41)43/h4-13,22-23,28-29,36-38,46-47H,14-21,24-25H2,1-3H3/q+2/b26-12-,27-13-,30-22-,31-23-/t28-,29-,36-,37-,38-,39-,40+,41-,44-,45-/m0/s1. The van der Waals surface area contributed by atoms with E-state index in [9.17, 15) is 10.2 Å². The molecule has 11 rings (SSSR count). The predicted molar refractivity (Wildman–Crippen MR) is 185 cm³/mol. The van der Waals surface area contributed by atoms with Crippen molar-refractivity contribution in [2.24, 2.45) is 11.8 Å². The van der Waals surface area contributed by atoms with E-state index in [1.165, 1.54) is 41.9 Å². The minimum atomic E-state index is 0.0165. The van der Waals surface area contributed by atoms with Crippen LogP contribution in [0, 0.1) is 11.8 Å². The van der Waals surface area contributed by atoms with Crippen LogP contribution in [0.15, 0.2) is 95.4 Å². The quantitative estimate of drug-likeness (QED) is 0.373. The van der Waals surface area contributed by atoms with Gasteiger partial charge in [-0.2, -0.15) is 0 Å². The summed E-state index contributed by atoms with van der Waals surface area (Å²) in [5, 5.41) is 20.7. The van der Waals surface area contributed by atoms with Crippen LogP contribution in [0.5, 0.6) is 0 Å². The van der Waals surface area contributed by atoms with Crippen LogP contribution in [0.25, 0.3) is 0 Å². The molecule has 7 aliphatic heterocycles. The molecule has 47 heavy (non-hydrogen) atoms. The summed E-state index contributed by atoms with van der Waals surface area (Å²) in [4.78, 5) is 5.55. The number of aliphatic hydroxyl groups excluding tert-OH is 2. The lowest BCUT2D eigenvalue weighted by molar-refractivity contribution is -0.949. The summed E-state index contributed by atoms with van der Waals surface area (Å²) in [5.74, 6) is 0.667. The Hall–Kier alpha value is -3.16. The Morgan fingerprint density at radius 1 is 0.787 bits per heavy atom. The number of hydrogen-bond donors (Lipinski definition) is 2. The minimum absolute atomic E-state index is 0.0165. The fourth-order valence-electron chi connectivity index (χ4n) is 14.3. The number of anilines is 2. The van der Waals surface area contributed by atoms with Crippen molar-refractivity contribution in [1.29, 1.82) is 0 Å². The zero-order chi connectivity index (χ0) is 31.7. The zero-order valence-corrected chi connectivity index (χ0v) is 28.1. The topological polar surface area (TPSA) is 46.9 Å². The number of aliphatic hydroxyl groups is 2. The van der Waals surface area contributed by atoms with Crippen LogP contribution < -0.4 is 9.80 Å². The number of nitrogens with zero attached hydrogens (tertiary/aromatic N) is 4. The van der Waals surface area contributed by atoms with Crippen molar-refractivity contribution in [3.8, 4) is 0 Å². The molecule has 2 aliphatic carbocycles. The van der Waals surface area contributed by atoms with Crippen molar-refractivity contribution >= 4 is 11.4 Å². The predicted octanol–water partition coefficient (Wildman–Crippen LogP) is 4.75. The Kier molecular flexibility index (Phi) is 5.03. The number of para-hydroxylation sites is 2. The second-order valence-corrected chi connectivity index (χ2v) is 17.3. The molecule has 6 nitrogen and oxygen atoms in total. The molecular weight excluding hydrogens is 580 g/mol. The first-order valence-corrected chi connectivity index (χ1v) is 18.2. The highest BCUT2D eigenvalue weighted by atomic mass is 16.3. The van der Waals surface area contributed by atoms with Gasteiger partial charge in [0.1, 0.15) is 24.7 Å². The van der Waals surface area contributed by atoms with Crippen LogP contribution in [-0.2, 0) is 10.8 Å². The van der Waals surface area contributed by atoms with E-state index in [2.05, 4.69) is 104 Å². The first-order valence-electron chi connectivity index (χ1n) is 18.2. The van der Waals surface area contributed by atoms with Crippen LogP contribution in [0.2, 0.25) is 0 Å². The highest BCUT2D eigenvalue weighted by Gasteiger charge is 2.78. The lowest BCUT2D eigenvalue weighted by Gasteiger charge is -2.62. The molecule has 9 aliphatic rings. The lowest BCUT2D eigenvalue weighted by atomic mass is 9.51. The molecule has 6 fully saturated rings. The maximum absolute atomic E-state index is 10.4. The molecule has 0 amide bonds. The van der Waals surface area contributed by atoms with Crippen LogP contribution >= 0.6 is 0 Å². The van der Waals surface area contributed by atoms with E-state index in [1.54, 1.807) is 22.3 Å². The summed E-state index contributed by atoms with van der Waals surface area (Å²) in [6, 6.07) is 19.9. The van der Waals surface area contributed by atoms with Crippen molar-refractivity contribution in [3.63, 3.8) is 0 Å². The molecule has 2 aromatic carbocycles. The van der Waals surface area contributed by atoms with Gasteiger partial charge < -0.3 is 29.0 Å². The summed E-state index contributed by atoms with van der Waals surface area (Å²) in [6.45, 7) is 7.26.